The van der Waals surface area contributed by atoms with Crippen molar-refractivity contribution in [3.8, 4) is 5.75 Å². The summed E-state index contributed by atoms with van der Waals surface area (Å²) in [5, 5.41) is 5.55. The molecule has 0 heterocycles. The standard InChI is InChI=1S/C13H16N2O.2ClH/c1-16-13-11-5-3-2-4-10(11)6-7-12(13)15-9-8-14;;/h2-7,15H,8-9,14H2,1H3;2*1H. The number of hydrogen-bond acceptors (Lipinski definition) is 3. The van der Waals surface area contributed by atoms with Gasteiger partial charge in [-0.3, -0.25) is 0 Å². The van der Waals surface area contributed by atoms with Crippen molar-refractivity contribution in [3.05, 3.63) is 36.4 Å². The summed E-state index contributed by atoms with van der Waals surface area (Å²) in [6.45, 7) is 1.35. The van der Waals surface area contributed by atoms with Crippen LogP contribution >= 0.6 is 24.8 Å². The first-order valence-corrected chi connectivity index (χ1v) is 5.36. The molecule has 2 aromatic carbocycles. The molecule has 0 fully saturated rings. The van der Waals surface area contributed by atoms with Crippen LogP contribution in [0.3, 0.4) is 0 Å². The maximum absolute atomic E-state index is 5.48. The summed E-state index contributed by atoms with van der Waals surface area (Å²) in [6.07, 6.45) is 0. The van der Waals surface area contributed by atoms with Gasteiger partial charge in [0, 0.05) is 18.5 Å². The van der Waals surface area contributed by atoms with Gasteiger partial charge in [0.05, 0.1) is 12.8 Å². The number of hydrogen-bond donors (Lipinski definition) is 2. The molecule has 2 aromatic rings. The normalized spacial score (nSPS) is 9.22. The average molecular weight is 289 g/mol. The summed E-state index contributed by atoms with van der Waals surface area (Å²) in [4.78, 5) is 0. The van der Waals surface area contributed by atoms with Crippen molar-refractivity contribution in [2.24, 2.45) is 5.73 Å². The van der Waals surface area contributed by atoms with Crippen LogP contribution in [0.25, 0.3) is 10.8 Å². The maximum Gasteiger partial charge on any atom is 0.149 e. The van der Waals surface area contributed by atoms with Crippen LogP contribution in [0.2, 0.25) is 0 Å². The number of halogens is 2. The Morgan fingerprint density at radius 1 is 1.11 bits per heavy atom. The molecule has 3 nitrogen and oxygen atoms in total. The third kappa shape index (κ3) is 3.42. The van der Waals surface area contributed by atoms with Crippen LogP contribution in [-0.2, 0) is 0 Å². The summed E-state index contributed by atoms with van der Waals surface area (Å²) in [5.41, 5.74) is 6.47. The van der Waals surface area contributed by atoms with Gasteiger partial charge in [-0.05, 0) is 11.5 Å². The monoisotopic (exact) mass is 288 g/mol. The molecule has 0 aliphatic rings. The van der Waals surface area contributed by atoms with Crippen LogP contribution in [-0.4, -0.2) is 20.2 Å². The molecule has 0 amide bonds. The highest BCUT2D eigenvalue weighted by molar-refractivity contribution is 5.93. The molecule has 3 N–H and O–H groups in total. The molecule has 0 aliphatic heterocycles. The highest BCUT2D eigenvalue weighted by Crippen LogP contribution is 2.33. The zero-order chi connectivity index (χ0) is 11.4. The lowest BCUT2D eigenvalue weighted by Crippen LogP contribution is -2.13. The van der Waals surface area contributed by atoms with E-state index >= 15 is 0 Å². The molecule has 0 saturated heterocycles. The van der Waals surface area contributed by atoms with Crippen molar-refractivity contribution in [3.63, 3.8) is 0 Å². The van der Waals surface area contributed by atoms with Gasteiger partial charge < -0.3 is 15.8 Å². The van der Waals surface area contributed by atoms with Gasteiger partial charge in [-0.1, -0.05) is 30.3 Å². The van der Waals surface area contributed by atoms with E-state index in [0.29, 0.717) is 6.54 Å². The predicted octanol–water partition coefficient (Wildman–Crippen LogP) is 3.06. The topological polar surface area (TPSA) is 47.3 Å². The Bertz CT molecular complexity index is 491. The second-order valence-corrected chi connectivity index (χ2v) is 3.58. The minimum Gasteiger partial charge on any atom is -0.494 e. The number of anilines is 1. The number of benzene rings is 2. The lowest BCUT2D eigenvalue weighted by molar-refractivity contribution is 0.421. The van der Waals surface area contributed by atoms with Gasteiger partial charge in [0.1, 0.15) is 5.75 Å². The van der Waals surface area contributed by atoms with Crippen molar-refractivity contribution >= 4 is 41.3 Å². The number of ether oxygens (including phenoxy) is 1. The highest BCUT2D eigenvalue weighted by atomic mass is 35.5. The fourth-order valence-electron chi connectivity index (χ4n) is 1.81. The Hall–Kier alpha value is -1.16. The number of rotatable bonds is 4. The minimum absolute atomic E-state index is 0. The molecule has 18 heavy (non-hydrogen) atoms. The molecule has 0 atom stereocenters. The Balaban J connectivity index is 0.00000144. The summed E-state index contributed by atoms with van der Waals surface area (Å²) in [6, 6.07) is 12.3. The van der Waals surface area contributed by atoms with E-state index in [1.54, 1.807) is 7.11 Å². The highest BCUT2D eigenvalue weighted by Gasteiger charge is 2.06. The van der Waals surface area contributed by atoms with E-state index in [4.69, 9.17) is 10.5 Å². The maximum atomic E-state index is 5.48. The molecule has 0 aromatic heterocycles. The Morgan fingerprint density at radius 2 is 1.83 bits per heavy atom. The van der Waals surface area contributed by atoms with Gasteiger partial charge in [0.25, 0.3) is 0 Å². The van der Waals surface area contributed by atoms with Crippen molar-refractivity contribution in [1.29, 1.82) is 0 Å². The van der Waals surface area contributed by atoms with Crippen molar-refractivity contribution in [2.45, 2.75) is 0 Å². The van der Waals surface area contributed by atoms with E-state index in [1.165, 1.54) is 5.39 Å². The molecule has 0 radical (unpaired) electrons. The Labute approximate surface area is 120 Å². The van der Waals surface area contributed by atoms with Crippen LogP contribution in [0.4, 0.5) is 5.69 Å². The largest absolute Gasteiger partial charge is 0.494 e. The van der Waals surface area contributed by atoms with Gasteiger partial charge in [-0.2, -0.15) is 0 Å². The first-order chi connectivity index (χ1) is 7.86. The predicted molar refractivity (Wildman–Crippen MR) is 82.5 cm³/mol. The number of methoxy groups -OCH3 is 1. The molecule has 100 valence electrons. The van der Waals surface area contributed by atoms with E-state index in [2.05, 4.69) is 23.5 Å². The second-order valence-electron chi connectivity index (χ2n) is 3.58. The van der Waals surface area contributed by atoms with Crippen molar-refractivity contribution < 1.29 is 4.74 Å². The van der Waals surface area contributed by atoms with Gasteiger partial charge >= 0.3 is 0 Å². The molecular weight excluding hydrogens is 271 g/mol. The molecule has 2 rings (SSSR count). The van der Waals surface area contributed by atoms with E-state index in [0.717, 1.165) is 23.4 Å². The van der Waals surface area contributed by atoms with Gasteiger partial charge in [-0.25, -0.2) is 0 Å². The zero-order valence-corrected chi connectivity index (χ0v) is 11.8. The number of nitrogens with one attached hydrogen (secondary N) is 1. The van der Waals surface area contributed by atoms with Crippen LogP contribution in [0, 0.1) is 0 Å². The fourth-order valence-corrected chi connectivity index (χ4v) is 1.81. The first kappa shape index (κ1) is 16.8. The smallest absolute Gasteiger partial charge is 0.149 e. The quantitative estimate of drug-likeness (QED) is 0.909. The van der Waals surface area contributed by atoms with Crippen molar-refractivity contribution in [2.75, 3.05) is 25.5 Å². The number of nitrogens with two attached hydrogens (primary N) is 1. The summed E-state index contributed by atoms with van der Waals surface area (Å²) >= 11 is 0. The SMILES string of the molecule is COc1c(NCCN)ccc2ccccc12.Cl.Cl. The fraction of sp³-hybridized carbons (Fsp3) is 0.231. The second kappa shape index (κ2) is 8.03. The van der Waals surface area contributed by atoms with Crippen LogP contribution in [0.1, 0.15) is 0 Å². The number of fused-ring (bicyclic) bond motifs is 1. The van der Waals surface area contributed by atoms with Crippen LogP contribution in [0.5, 0.6) is 5.75 Å². The van der Waals surface area contributed by atoms with Crippen LogP contribution < -0.4 is 15.8 Å². The molecule has 0 bridgehead atoms. The Kier molecular flexibility index (Phi) is 7.51. The molecule has 0 unspecified atom stereocenters. The average Bonchev–Trinajstić information content (AvgIpc) is 2.35. The van der Waals surface area contributed by atoms with E-state index < -0.39 is 0 Å². The van der Waals surface area contributed by atoms with Crippen LogP contribution in [0.15, 0.2) is 36.4 Å². The first-order valence-electron chi connectivity index (χ1n) is 5.36. The molecule has 0 saturated carbocycles. The van der Waals surface area contributed by atoms with E-state index in [-0.39, 0.29) is 24.8 Å². The minimum atomic E-state index is 0. The third-order valence-electron chi connectivity index (χ3n) is 2.54. The lowest BCUT2D eigenvalue weighted by Gasteiger charge is -2.13. The zero-order valence-electron chi connectivity index (χ0n) is 10.2. The van der Waals surface area contributed by atoms with E-state index in [9.17, 15) is 0 Å². The van der Waals surface area contributed by atoms with Gasteiger partial charge in [0.2, 0.25) is 0 Å². The van der Waals surface area contributed by atoms with Gasteiger partial charge in [-0.15, -0.1) is 24.8 Å². The molecular formula is C13H18Cl2N2O. The van der Waals surface area contributed by atoms with E-state index in [1.807, 2.05) is 18.2 Å². The Morgan fingerprint density at radius 3 is 2.50 bits per heavy atom. The molecule has 0 spiro atoms. The third-order valence-corrected chi connectivity index (χ3v) is 2.54. The lowest BCUT2D eigenvalue weighted by atomic mass is 10.1. The van der Waals surface area contributed by atoms with Gasteiger partial charge in [0.15, 0.2) is 0 Å². The summed E-state index contributed by atoms with van der Waals surface area (Å²) in [5.74, 6) is 0.881. The summed E-state index contributed by atoms with van der Waals surface area (Å²) < 4.78 is 5.45. The molecule has 5 heteroatoms. The van der Waals surface area contributed by atoms with Crippen molar-refractivity contribution in [1.82, 2.24) is 0 Å². The summed E-state index contributed by atoms with van der Waals surface area (Å²) in [7, 11) is 1.69. The molecule has 0 aliphatic carbocycles.